The molecule has 0 aliphatic heterocycles. The molecular weight excluding hydrogens is 494 g/mol. The fraction of sp³-hybridized carbons (Fsp3) is 0.156. The molecular formula is C32H25NO6. The van der Waals surface area contributed by atoms with E-state index >= 15 is 0 Å². The molecule has 0 saturated carbocycles. The second-order valence-corrected chi connectivity index (χ2v) is 9.52. The van der Waals surface area contributed by atoms with E-state index in [-0.39, 0.29) is 33.8 Å². The Morgan fingerprint density at radius 3 is 1.79 bits per heavy atom. The standard InChI is InChI=1S/C32H25NO6/c1-3-17-9-11-24-21(15-17)29(34)27(31(36)38-24)26(20-13-14-33-23-8-6-5-7-19(20)23)28-30(35)22-16-18(4-2)10-12-25(22)39-32(28)37/h5-16,26,34-35H,3-4H2,1-2H3. The van der Waals surface area contributed by atoms with E-state index in [1.165, 1.54) is 0 Å². The Balaban J connectivity index is 1.77. The normalized spacial score (nSPS) is 11.7. The molecule has 6 rings (SSSR count). The van der Waals surface area contributed by atoms with E-state index < -0.39 is 17.2 Å². The van der Waals surface area contributed by atoms with Gasteiger partial charge in [-0.25, -0.2) is 9.59 Å². The zero-order chi connectivity index (χ0) is 27.3. The Bertz CT molecular complexity index is 1910. The van der Waals surface area contributed by atoms with Gasteiger partial charge in [0.15, 0.2) is 0 Å². The van der Waals surface area contributed by atoms with Gasteiger partial charge in [-0.2, -0.15) is 0 Å². The zero-order valence-electron chi connectivity index (χ0n) is 21.4. The van der Waals surface area contributed by atoms with Gasteiger partial charge >= 0.3 is 11.3 Å². The lowest BCUT2D eigenvalue weighted by molar-refractivity contribution is 0.441. The number of rotatable bonds is 5. The number of fused-ring (bicyclic) bond motifs is 3. The van der Waals surface area contributed by atoms with Crippen LogP contribution in [0.4, 0.5) is 0 Å². The van der Waals surface area contributed by atoms with Crippen LogP contribution in [0.5, 0.6) is 11.5 Å². The summed E-state index contributed by atoms with van der Waals surface area (Å²) in [5.41, 5.74) is 1.44. The summed E-state index contributed by atoms with van der Waals surface area (Å²) < 4.78 is 11.3. The molecule has 7 nitrogen and oxygen atoms in total. The molecule has 7 heteroatoms. The van der Waals surface area contributed by atoms with Crippen LogP contribution in [-0.4, -0.2) is 15.2 Å². The minimum Gasteiger partial charge on any atom is -0.507 e. The summed E-state index contributed by atoms with van der Waals surface area (Å²) >= 11 is 0. The fourth-order valence-corrected chi connectivity index (χ4v) is 5.27. The van der Waals surface area contributed by atoms with E-state index in [1.807, 2.05) is 50.2 Å². The Labute approximate surface area is 222 Å². The minimum absolute atomic E-state index is 0.166. The van der Waals surface area contributed by atoms with Crippen molar-refractivity contribution in [2.24, 2.45) is 0 Å². The summed E-state index contributed by atoms with van der Waals surface area (Å²) in [7, 11) is 0. The van der Waals surface area contributed by atoms with E-state index in [2.05, 4.69) is 4.98 Å². The van der Waals surface area contributed by atoms with Crippen molar-refractivity contribution in [3.05, 3.63) is 122 Å². The van der Waals surface area contributed by atoms with Crippen molar-refractivity contribution < 1.29 is 19.0 Å². The van der Waals surface area contributed by atoms with Gasteiger partial charge in [0.1, 0.15) is 22.7 Å². The SMILES string of the molecule is CCc1ccc2oc(=O)c(C(c3c(O)c4cc(CC)ccc4oc3=O)c3ccnc4ccccc34)c(O)c2c1. The number of aromatic nitrogens is 1. The molecule has 3 aromatic heterocycles. The third-order valence-electron chi connectivity index (χ3n) is 7.34. The Morgan fingerprint density at radius 2 is 1.26 bits per heavy atom. The maximum absolute atomic E-state index is 13.6. The van der Waals surface area contributed by atoms with Crippen molar-refractivity contribution in [2.45, 2.75) is 32.6 Å². The molecule has 39 heavy (non-hydrogen) atoms. The lowest BCUT2D eigenvalue weighted by Gasteiger charge is -2.21. The quantitative estimate of drug-likeness (QED) is 0.262. The van der Waals surface area contributed by atoms with E-state index in [1.54, 1.807) is 36.5 Å². The summed E-state index contributed by atoms with van der Waals surface area (Å²) in [5, 5.41) is 24.5. The first kappa shape index (κ1) is 24.4. The number of hydrogen-bond donors (Lipinski definition) is 2. The largest absolute Gasteiger partial charge is 0.507 e. The van der Waals surface area contributed by atoms with Crippen molar-refractivity contribution >= 4 is 32.8 Å². The Kier molecular flexibility index (Phi) is 5.91. The maximum Gasteiger partial charge on any atom is 0.344 e. The number of aromatic hydroxyl groups is 2. The lowest BCUT2D eigenvalue weighted by Crippen LogP contribution is -2.21. The first-order chi connectivity index (χ1) is 18.9. The molecule has 3 aromatic carbocycles. The number of pyridine rings is 1. The third kappa shape index (κ3) is 3.94. The molecule has 2 N–H and O–H groups in total. The highest BCUT2D eigenvalue weighted by Crippen LogP contribution is 2.43. The fourth-order valence-electron chi connectivity index (χ4n) is 5.27. The zero-order valence-corrected chi connectivity index (χ0v) is 21.4. The molecule has 194 valence electrons. The van der Waals surface area contributed by atoms with Gasteiger partial charge in [0, 0.05) is 11.6 Å². The first-order valence-electron chi connectivity index (χ1n) is 12.8. The van der Waals surface area contributed by atoms with Crippen LogP contribution in [0.1, 0.15) is 47.6 Å². The van der Waals surface area contributed by atoms with Crippen molar-refractivity contribution in [3.63, 3.8) is 0 Å². The molecule has 0 unspecified atom stereocenters. The molecule has 0 spiro atoms. The molecule has 0 fully saturated rings. The van der Waals surface area contributed by atoms with Crippen LogP contribution < -0.4 is 11.3 Å². The molecule has 0 aliphatic rings. The van der Waals surface area contributed by atoms with Gasteiger partial charge in [-0.05, 0) is 65.9 Å². The van der Waals surface area contributed by atoms with Crippen molar-refractivity contribution in [2.75, 3.05) is 0 Å². The van der Waals surface area contributed by atoms with Crippen molar-refractivity contribution in [1.29, 1.82) is 0 Å². The molecule has 0 atom stereocenters. The predicted octanol–water partition coefficient (Wildman–Crippen LogP) is 6.16. The maximum atomic E-state index is 13.6. The summed E-state index contributed by atoms with van der Waals surface area (Å²) in [6, 6.07) is 19.4. The number of aryl methyl sites for hydroxylation is 2. The first-order valence-corrected chi connectivity index (χ1v) is 12.8. The molecule has 3 heterocycles. The van der Waals surface area contributed by atoms with Crippen LogP contribution in [0.15, 0.2) is 91.4 Å². The number of benzene rings is 3. The average molecular weight is 520 g/mol. The van der Waals surface area contributed by atoms with Gasteiger partial charge < -0.3 is 19.0 Å². The van der Waals surface area contributed by atoms with Crippen LogP contribution in [0.3, 0.4) is 0 Å². The summed E-state index contributed by atoms with van der Waals surface area (Å²) in [5.74, 6) is -1.85. The summed E-state index contributed by atoms with van der Waals surface area (Å²) in [4.78, 5) is 31.5. The topological polar surface area (TPSA) is 114 Å². The van der Waals surface area contributed by atoms with Gasteiger partial charge in [0.2, 0.25) is 0 Å². The van der Waals surface area contributed by atoms with Gasteiger partial charge in [-0.1, -0.05) is 44.2 Å². The second-order valence-electron chi connectivity index (χ2n) is 9.52. The molecule has 0 saturated heterocycles. The van der Waals surface area contributed by atoms with Crippen LogP contribution >= 0.6 is 0 Å². The smallest absolute Gasteiger partial charge is 0.344 e. The minimum atomic E-state index is -1.21. The van der Waals surface area contributed by atoms with Gasteiger partial charge in [0.05, 0.1) is 33.3 Å². The van der Waals surface area contributed by atoms with E-state index in [0.717, 1.165) is 11.1 Å². The Hall–Kier alpha value is -4.91. The lowest BCUT2D eigenvalue weighted by atomic mass is 9.83. The monoisotopic (exact) mass is 519 g/mol. The van der Waals surface area contributed by atoms with Crippen molar-refractivity contribution in [1.82, 2.24) is 4.98 Å². The highest BCUT2D eigenvalue weighted by molar-refractivity contribution is 5.90. The van der Waals surface area contributed by atoms with E-state index in [4.69, 9.17) is 8.83 Å². The van der Waals surface area contributed by atoms with Crippen molar-refractivity contribution in [3.8, 4) is 11.5 Å². The summed E-state index contributed by atoms with van der Waals surface area (Å²) in [6.45, 7) is 3.96. The van der Waals surface area contributed by atoms with Gasteiger partial charge in [-0.3, -0.25) is 4.98 Å². The van der Waals surface area contributed by atoms with Crippen LogP contribution in [0.2, 0.25) is 0 Å². The van der Waals surface area contributed by atoms with Crippen LogP contribution in [0, 0.1) is 0 Å². The number of para-hydroxylation sites is 1. The molecule has 0 bridgehead atoms. The van der Waals surface area contributed by atoms with E-state index in [9.17, 15) is 19.8 Å². The Morgan fingerprint density at radius 1 is 0.718 bits per heavy atom. The molecule has 0 radical (unpaired) electrons. The van der Waals surface area contributed by atoms with E-state index in [0.29, 0.717) is 40.1 Å². The highest BCUT2D eigenvalue weighted by Gasteiger charge is 2.33. The van der Waals surface area contributed by atoms with Gasteiger partial charge in [-0.15, -0.1) is 0 Å². The predicted molar refractivity (Wildman–Crippen MR) is 150 cm³/mol. The number of hydrogen-bond acceptors (Lipinski definition) is 7. The van der Waals surface area contributed by atoms with Crippen LogP contribution in [-0.2, 0) is 12.8 Å². The molecule has 0 amide bonds. The highest BCUT2D eigenvalue weighted by atomic mass is 16.4. The molecule has 0 aliphatic carbocycles. The van der Waals surface area contributed by atoms with Gasteiger partial charge in [0.25, 0.3) is 0 Å². The average Bonchev–Trinajstić information content (AvgIpc) is 2.95. The third-order valence-corrected chi connectivity index (χ3v) is 7.34. The molecule has 6 aromatic rings. The number of nitrogens with zero attached hydrogens (tertiary/aromatic N) is 1. The van der Waals surface area contributed by atoms with Crippen LogP contribution in [0.25, 0.3) is 32.8 Å². The second kappa shape index (κ2) is 9.44. The summed E-state index contributed by atoms with van der Waals surface area (Å²) in [6.07, 6.45) is 2.97.